The molecule has 1 heterocycles. The number of rotatable bonds is 4. The van der Waals surface area contributed by atoms with Crippen LogP contribution in [0.25, 0.3) is 0 Å². The maximum Gasteiger partial charge on any atom is 0.273 e. The fourth-order valence-electron chi connectivity index (χ4n) is 2.61. The Balaban J connectivity index is 1.84. The van der Waals surface area contributed by atoms with Gasteiger partial charge in [0.05, 0.1) is 12.7 Å². The second-order valence-corrected chi connectivity index (χ2v) is 5.91. The van der Waals surface area contributed by atoms with Gasteiger partial charge in [0.25, 0.3) is 11.8 Å². The normalized spacial score (nSPS) is 19.3. The van der Waals surface area contributed by atoms with Crippen LogP contribution in [0.4, 0.5) is 0 Å². The molecule has 0 radical (unpaired) electrons. The van der Waals surface area contributed by atoms with Crippen LogP contribution in [-0.4, -0.2) is 39.5 Å². The minimum atomic E-state index is -0.862. The highest BCUT2D eigenvalue weighted by atomic mass is 35.5. The van der Waals surface area contributed by atoms with E-state index in [9.17, 15) is 19.8 Å². The smallest absolute Gasteiger partial charge is 0.273 e. The van der Waals surface area contributed by atoms with Crippen LogP contribution in [0.1, 0.15) is 22.0 Å². The zero-order valence-corrected chi connectivity index (χ0v) is 13.9. The summed E-state index contributed by atoms with van der Waals surface area (Å²) in [6, 6.07) is 9.91. The molecule has 0 spiro atoms. The van der Waals surface area contributed by atoms with Crippen LogP contribution >= 0.6 is 11.6 Å². The summed E-state index contributed by atoms with van der Waals surface area (Å²) in [7, 11) is 1.40. The van der Waals surface area contributed by atoms with Gasteiger partial charge in [0.2, 0.25) is 0 Å². The standard InChI is InChI=1S/C17H15ClN2O5/c1-25-13-8-9(6-7-12(13)22)15-14(18)17(24)20(15)19-16(23)10-4-2-3-5-11(10)21/h2-8,14-15,21-22H,1H3,(H,19,23)/t14-,15+/m0/s1. The van der Waals surface area contributed by atoms with E-state index < -0.39 is 23.2 Å². The van der Waals surface area contributed by atoms with Crippen LogP contribution in [0, 0.1) is 0 Å². The Kier molecular flexibility index (Phi) is 4.41. The molecule has 130 valence electrons. The van der Waals surface area contributed by atoms with Gasteiger partial charge in [0.15, 0.2) is 11.5 Å². The molecule has 2 aromatic rings. The van der Waals surface area contributed by atoms with E-state index in [0.717, 1.165) is 5.01 Å². The number of nitrogens with one attached hydrogen (secondary N) is 1. The molecule has 2 amide bonds. The molecule has 2 atom stereocenters. The third-order valence-corrected chi connectivity index (χ3v) is 4.37. The van der Waals surface area contributed by atoms with Gasteiger partial charge < -0.3 is 14.9 Å². The number of β-lactam (4-membered cyclic amide) rings is 1. The molecule has 0 aromatic heterocycles. The Morgan fingerprint density at radius 2 is 1.92 bits per heavy atom. The summed E-state index contributed by atoms with van der Waals surface area (Å²) in [5, 5.41) is 19.7. The van der Waals surface area contributed by atoms with Crippen molar-refractivity contribution in [2.24, 2.45) is 0 Å². The number of aromatic hydroxyl groups is 2. The SMILES string of the molecule is COc1cc([C@@H]2[C@H](Cl)C(=O)N2NC(=O)c2ccccc2O)ccc1O. The number of alkyl halides is 1. The first-order valence-electron chi connectivity index (χ1n) is 7.37. The van der Waals surface area contributed by atoms with E-state index in [4.69, 9.17) is 16.3 Å². The van der Waals surface area contributed by atoms with Crippen molar-refractivity contribution in [3.8, 4) is 17.2 Å². The van der Waals surface area contributed by atoms with Gasteiger partial charge in [-0.2, -0.15) is 0 Å². The number of benzene rings is 2. The zero-order valence-electron chi connectivity index (χ0n) is 13.1. The number of halogens is 1. The number of nitrogens with zero attached hydrogens (tertiary/aromatic N) is 1. The third kappa shape index (κ3) is 2.94. The minimum absolute atomic E-state index is 0.0374. The Hall–Kier alpha value is -2.93. The Morgan fingerprint density at radius 3 is 2.60 bits per heavy atom. The van der Waals surface area contributed by atoms with Crippen LogP contribution in [-0.2, 0) is 4.79 Å². The van der Waals surface area contributed by atoms with Gasteiger partial charge in [0.1, 0.15) is 17.2 Å². The second-order valence-electron chi connectivity index (χ2n) is 5.44. The highest BCUT2D eigenvalue weighted by Gasteiger charge is 2.48. The van der Waals surface area contributed by atoms with Crippen LogP contribution in [0.2, 0.25) is 0 Å². The lowest BCUT2D eigenvalue weighted by Gasteiger charge is -2.44. The molecule has 0 unspecified atom stereocenters. The lowest BCUT2D eigenvalue weighted by molar-refractivity contribution is -0.149. The van der Waals surface area contributed by atoms with Crippen LogP contribution in [0.3, 0.4) is 0 Å². The van der Waals surface area contributed by atoms with Crippen molar-refractivity contribution < 1.29 is 24.5 Å². The molecule has 1 aliphatic heterocycles. The molecule has 0 aliphatic carbocycles. The minimum Gasteiger partial charge on any atom is -0.507 e. The number of hydrogen-bond acceptors (Lipinski definition) is 5. The lowest BCUT2D eigenvalue weighted by atomic mass is 9.95. The Morgan fingerprint density at radius 1 is 1.20 bits per heavy atom. The van der Waals surface area contributed by atoms with Gasteiger partial charge in [-0.1, -0.05) is 18.2 Å². The summed E-state index contributed by atoms with van der Waals surface area (Å²) in [5.74, 6) is -1.12. The molecule has 0 bridgehead atoms. The van der Waals surface area contributed by atoms with Crippen molar-refractivity contribution in [2.45, 2.75) is 11.4 Å². The quantitative estimate of drug-likeness (QED) is 0.570. The second kappa shape index (κ2) is 6.52. The monoisotopic (exact) mass is 362 g/mol. The van der Waals surface area contributed by atoms with Crippen molar-refractivity contribution >= 4 is 23.4 Å². The van der Waals surface area contributed by atoms with Crippen molar-refractivity contribution in [1.29, 1.82) is 0 Å². The fraction of sp³-hybridized carbons (Fsp3) is 0.176. The number of phenolic OH excluding ortho intramolecular Hbond substituents is 2. The van der Waals surface area contributed by atoms with E-state index in [1.165, 1.54) is 25.3 Å². The van der Waals surface area contributed by atoms with Crippen molar-refractivity contribution in [3.05, 3.63) is 53.6 Å². The molecule has 8 heteroatoms. The van der Waals surface area contributed by atoms with E-state index >= 15 is 0 Å². The van der Waals surface area contributed by atoms with Gasteiger partial charge in [-0.05, 0) is 29.8 Å². The first-order chi connectivity index (χ1) is 11.9. The van der Waals surface area contributed by atoms with Gasteiger partial charge in [-0.15, -0.1) is 11.6 Å². The summed E-state index contributed by atoms with van der Waals surface area (Å²) in [4.78, 5) is 24.4. The van der Waals surface area contributed by atoms with Crippen molar-refractivity contribution in [3.63, 3.8) is 0 Å². The zero-order chi connectivity index (χ0) is 18.1. The maximum absolute atomic E-state index is 12.3. The van der Waals surface area contributed by atoms with E-state index in [1.807, 2.05) is 0 Å². The molecule has 3 rings (SSSR count). The summed E-state index contributed by atoms with van der Waals surface area (Å²) in [6.07, 6.45) is 0. The Bertz CT molecular complexity index is 842. The van der Waals surface area contributed by atoms with Gasteiger partial charge in [0, 0.05) is 0 Å². The number of carbonyl (C=O) groups excluding carboxylic acids is 2. The third-order valence-electron chi connectivity index (χ3n) is 3.94. The van der Waals surface area contributed by atoms with Gasteiger partial charge >= 0.3 is 0 Å². The summed E-state index contributed by atoms with van der Waals surface area (Å²) >= 11 is 6.10. The molecule has 0 saturated carbocycles. The number of phenols is 2. The van der Waals surface area contributed by atoms with Crippen molar-refractivity contribution in [2.75, 3.05) is 7.11 Å². The number of hydrazine groups is 1. The summed E-state index contributed by atoms with van der Waals surface area (Å²) in [5.41, 5.74) is 3.08. The number of methoxy groups -OCH3 is 1. The molecule has 1 saturated heterocycles. The topological polar surface area (TPSA) is 99.1 Å². The Labute approximate surface area is 148 Å². The highest BCUT2D eigenvalue weighted by Crippen LogP contribution is 2.40. The number of carbonyl (C=O) groups is 2. The van der Waals surface area contributed by atoms with E-state index in [1.54, 1.807) is 24.3 Å². The average Bonchev–Trinajstić information content (AvgIpc) is 2.62. The molecule has 25 heavy (non-hydrogen) atoms. The van der Waals surface area contributed by atoms with E-state index in [0.29, 0.717) is 5.56 Å². The number of amides is 2. The number of ether oxygens (including phenoxy) is 1. The first-order valence-corrected chi connectivity index (χ1v) is 7.80. The predicted octanol–water partition coefficient (Wildman–Crippen LogP) is 1.94. The molecule has 3 N–H and O–H groups in total. The van der Waals surface area contributed by atoms with Crippen LogP contribution in [0.15, 0.2) is 42.5 Å². The molecule has 1 aliphatic rings. The molecule has 2 aromatic carbocycles. The first kappa shape index (κ1) is 16.9. The largest absolute Gasteiger partial charge is 0.507 e. The summed E-state index contributed by atoms with van der Waals surface area (Å²) in [6.45, 7) is 0. The highest BCUT2D eigenvalue weighted by molar-refractivity contribution is 6.33. The maximum atomic E-state index is 12.3. The number of hydrogen-bond donors (Lipinski definition) is 3. The average molecular weight is 363 g/mol. The molecular formula is C17H15ClN2O5. The number of para-hydroxylation sites is 1. The predicted molar refractivity (Wildman–Crippen MR) is 89.5 cm³/mol. The lowest BCUT2D eigenvalue weighted by Crippen LogP contribution is -2.63. The molecule has 7 nitrogen and oxygen atoms in total. The van der Waals surface area contributed by atoms with Crippen molar-refractivity contribution in [1.82, 2.24) is 10.4 Å². The van der Waals surface area contributed by atoms with E-state index in [2.05, 4.69) is 5.43 Å². The molecule has 1 fully saturated rings. The molecular weight excluding hydrogens is 348 g/mol. The summed E-state index contributed by atoms with van der Waals surface area (Å²) < 4.78 is 5.05. The fourth-order valence-corrected chi connectivity index (χ4v) is 2.97. The van der Waals surface area contributed by atoms with Crippen LogP contribution in [0.5, 0.6) is 17.2 Å². The van der Waals surface area contributed by atoms with Gasteiger partial charge in [-0.3, -0.25) is 15.0 Å². The van der Waals surface area contributed by atoms with Gasteiger partial charge in [-0.25, -0.2) is 5.01 Å². The van der Waals surface area contributed by atoms with E-state index in [-0.39, 0.29) is 22.8 Å². The van der Waals surface area contributed by atoms with Crippen LogP contribution < -0.4 is 10.2 Å².